The number of hydrogen-bond acceptors (Lipinski definition) is 2. The molecule has 0 heterocycles. The summed E-state index contributed by atoms with van der Waals surface area (Å²) in [5.74, 6) is -0.240. The summed E-state index contributed by atoms with van der Waals surface area (Å²) in [4.78, 5) is 2.07. The van der Waals surface area contributed by atoms with Gasteiger partial charge in [0.2, 0.25) is 0 Å². The Balaban J connectivity index is 2.71. The molecule has 1 aromatic rings. The maximum atomic E-state index is 13.6. The van der Waals surface area contributed by atoms with E-state index in [1.807, 2.05) is 19.9 Å². The molecule has 17 heavy (non-hydrogen) atoms. The molecule has 0 aromatic heterocycles. The number of halogens is 2. The average molecular weight is 299 g/mol. The minimum Gasteiger partial charge on any atom is -0.298 e. The highest BCUT2D eigenvalue weighted by molar-refractivity contribution is 9.10. The van der Waals surface area contributed by atoms with Crippen molar-refractivity contribution >= 4 is 15.9 Å². The summed E-state index contributed by atoms with van der Waals surface area (Å²) in [6.07, 6.45) is 0. The molecule has 0 N–H and O–H groups in total. The van der Waals surface area contributed by atoms with E-state index in [9.17, 15) is 4.39 Å². The second kappa shape index (κ2) is 6.73. The van der Waals surface area contributed by atoms with E-state index < -0.39 is 0 Å². The van der Waals surface area contributed by atoms with Crippen molar-refractivity contribution in [2.45, 2.75) is 20.4 Å². The van der Waals surface area contributed by atoms with Crippen LogP contribution in [0.5, 0.6) is 0 Å². The Morgan fingerprint density at radius 3 is 2.76 bits per heavy atom. The number of nitriles is 1. The zero-order chi connectivity index (χ0) is 12.8. The Morgan fingerprint density at radius 2 is 2.24 bits per heavy atom. The fraction of sp³-hybridized carbons (Fsp3) is 0.462. The summed E-state index contributed by atoms with van der Waals surface area (Å²) < 4.78 is 14.4. The lowest BCUT2D eigenvalue weighted by Gasteiger charge is -2.21. The van der Waals surface area contributed by atoms with Crippen LogP contribution in [-0.4, -0.2) is 18.0 Å². The Hall–Kier alpha value is -0.920. The molecule has 1 aromatic carbocycles. The number of nitrogens with zero attached hydrogens (tertiary/aromatic N) is 2. The van der Waals surface area contributed by atoms with Gasteiger partial charge in [-0.25, -0.2) is 4.39 Å². The molecule has 1 rings (SSSR count). The molecular formula is C13H16BrFN2. The Bertz CT molecular complexity index is 414. The lowest BCUT2D eigenvalue weighted by Crippen LogP contribution is -2.27. The van der Waals surface area contributed by atoms with E-state index in [1.165, 1.54) is 6.07 Å². The van der Waals surface area contributed by atoms with Gasteiger partial charge in [0.05, 0.1) is 12.0 Å². The molecule has 0 aliphatic heterocycles. The molecule has 0 fully saturated rings. The number of benzene rings is 1. The first-order valence-corrected chi connectivity index (χ1v) is 6.42. The average Bonchev–Trinajstić information content (AvgIpc) is 2.31. The first-order chi connectivity index (χ1) is 8.06. The maximum Gasteiger partial charge on any atom is 0.128 e. The monoisotopic (exact) mass is 298 g/mol. The molecular weight excluding hydrogens is 283 g/mol. The summed E-state index contributed by atoms with van der Waals surface area (Å²) >= 11 is 3.23. The van der Waals surface area contributed by atoms with E-state index in [2.05, 4.69) is 26.9 Å². The fourth-order valence-electron chi connectivity index (χ4n) is 1.62. The van der Waals surface area contributed by atoms with Crippen LogP contribution in [0.1, 0.15) is 19.4 Å². The van der Waals surface area contributed by atoms with Crippen LogP contribution in [0.4, 0.5) is 4.39 Å². The molecule has 0 bridgehead atoms. The van der Waals surface area contributed by atoms with E-state index in [4.69, 9.17) is 5.26 Å². The minimum atomic E-state index is -0.206. The normalized spacial score (nSPS) is 12.5. The van der Waals surface area contributed by atoms with Crippen molar-refractivity contribution in [3.05, 3.63) is 34.1 Å². The van der Waals surface area contributed by atoms with Gasteiger partial charge >= 0.3 is 0 Å². The molecule has 0 spiro atoms. The summed E-state index contributed by atoms with van der Waals surface area (Å²) in [5, 5.41) is 8.78. The van der Waals surface area contributed by atoms with Crippen molar-refractivity contribution in [1.82, 2.24) is 4.90 Å². The van der Waals surface area contributed by atoms with E-state index >= 15 is 0 Å². The highest BCUT2D eigenvalue weighted by atomic mass is 79.9. The summed E-state index contributed by atoms with van der Waals surface area (Å²) in [6.45, 7) is 5.91. The van der Waals surface area contributed by atoms with Crippen LogP contribution in [0.25, 0.3) is 0 Å². The predicted molar refractivity (Wildman–Crippen MR) is 69.8 cm³/mol. The van der Waals surface area contributed by atoms with Gasteiger partial charge in [-0.05, 0) is 25.6 Å². The van der Waals surface area contributed by atoms with Crippen molar-refractivity contribution in [2.75, 3.05) is 13.1 Å². The van der Waals surface area contributed by atoms with Gasteiger partial charge in [-0.1, -0.05) is 28.9 Å². The van der Waals surface area contributed by atoms with Gasteiger partial charge in [0.1, 0.15) is 5.82 Å². The lowest BCUT2D eigenvalue weighted by molar-refractivity contribution is 0.257. The quantitative estimate of drug-likeness (QED) is 0.831. The second-order valence-corrected chi connectivity index (χ2v) is 5.01. The molecule has 4 heteroatoms. The SMILES string of the molecule is CCN(Cc1ccc(Br)cc1F)CC(C)C#N. The third-order valence-electron chi connectivity index (χ3n) is 2.61. The van der Waals surface area contributed by atoms with Crippen molar-refractivity contribution in [1.29, 1.82) is 5.26 Å². The number of rotatable bonds is 5. The fourth-order valence-corrected chi connectivity index (χ4v) is 1.96. The standard InChI is InChI=1S/C13H16BrFN2/c1-3-17(8-10(2)7-16)9-11-4-5-12(14)6-13(11)15/h4-6,10H,3,8-9H2,1-2H3. The van der Waals surface area contributed by atoms with Crippen LogP contribution < -0.4 is 0 Å². The van der Waals surface area contributed by atoms with Gasteiger partial charge in [-0.15, -0.1) is 0 Å². The summed E-state index contributed by atoms with van der Waals surface area (Å²) in [5.41, 5.74) is 0.667. The third-order valence-corrected chi connectivity index (χ3v) is 3.10. The van der Waals surface area contributed by atoms with Crippen LogP contribution >= 0.6 is 15.9 Å². The van der Waals surface area contributed by atoms with E-state index in [-0.39, 0.29) is 11.7 Å². The highest BCUT2D eigenvalue weighted by Gasteiger charge is 2.11. The lowest BCUT2D eigenvalue weighted by atomic mass is 10.1. The van der Waals surface area contributed by atoms with Gasteiger partial charge < -0.3 is 0 Å². The predicted octanol–water partition coefficient (Wildman–Crippen LogP) is 3.57. The van der Waals surface area contributed by atoms with E-state index in [0.717, 1.165) is 11.0 Å². The van der Waals surface area contributed by atoms with Crippen LogP contribution in [0, 0.1) is 23.1 Å². The molecule has 92 valence electrons. The van der Waals surface area contributed by atoms with Gasteiger partial charge in [0.15, 0.2) is 0 Å². The van der Waals surface area contributed by atoms with Crippen molar-refractivity contribution in [3.63, 3.8) is 0 Å². The summed E-state index contributed by atoms with van der Waals surface area (Å²) in [7, 11) is 0. The zero-order valence-electron chi connectivity index (χ0n) is 10.1. The van der Waals surface area contributed by atoms with Gasteiger partial charge in [0.25, 0.3) is 0 Å². The van der Waals surface area contributed by atoms with Gasteiger partial charge in [0, 0.05) is 23.1 Å². The molecule has 0 saturated carbocycles. The first-order valence-electron chi connectivity index (χ1n) is 5.62. The Morgan fingerprint density at radius 1 is 1.53 bits per heavy atom. The Kier molecular flexibility index (Phi) is 5.60. The van der Waals surface area contributed by atoms with Crippen LogP contribution in [0.3, 0.4) is 0 Å². The molecule has 0 aliphatic rings. The first kappa shape index (κ1) is 14.1. The molecule has 0 amide bonds. The molecule has 1 atom stereocenters. The largest absolute Gasteiger partial charge is 0.298 e. The molecule has 0 radical (unpaired) electrons. The Labute approximate surface area is 110 Å². The van der Waals surface area contributed by atoms with E-state index in [0.29, 0.717) is 18.7 Å². The molecule has 0 saturated heterocycles. The zero-order valence-corrected chi connectivity index (χ0v) is 11.7. The second-order valence-electron chi connectivity index (χ2n) is 4.09. The topological polar surface area (TPSA) is 27.0 Å². The van der Waals surface area contributed by atoms with Crippen LogP contribution in [0.2, 0.25) is 0 Å². The van der Waals surface area contributed by atoms with Crippen molar-refractivity contribution in [2.24, 2.45) is 5.92 Å². The van der Waals surface area contributed by atoms with Crippen molar-refractivity contribution in [3.8, 4) is 6.07 Å². The van der Waals surface area contributed by atoms with E-state index in [1.54, 1.807) is 6.07 Å². The molecule has 0 aliphatic carbocycles. The smallest absolute Gasteiger partial charge is 0.128 e. The molecule has 1 unspecified atom stereocenters. The summed E-state index contributed by atoms with van der Waals surface area (Å²) in [6, 6.07) is 7.28. The number of hydrogen-bond donors (Lipinski definition) is 0. The van der Waals surface area contributed by atoms with Gasteiger partial charge in [-0.3, -0.25) is 4.90 Å². The minimum absolute atomic E-state index is 0.0338. The van der Waals surface area contributed by atoms with Crippen LogP contribution in [-0.2, 0) is 6.54 Å². The molecule has 2 nitrogen and oxygen atoms in total. The van der Waals surface area contributed by atoms with Gasteiger partial charge in [-0.2, -0.15) is 5.26 Å². The van der Waals surface area contributed by atoms with Crippen molar-refractivity contribution < 1.29 is 4.39 Å². The van der Waals surface area contributed by atoms with Crippen LogP contribution in [0.15, 0.2) is 22.7 Å². The third kappa shape index (κ3) is 4.45. The maximum absolute atomic E-state index is 13.6. The highest BCUT2D eigenvalue weighted by Crippen LogP contribution is 2.17.